The van der Waals surface area contributed by atoms with E-state index in [-0.39, 0.29) is 5.56 Å². The van der Waals surface area contributed by atoms with Crippen molar-refractivity contribution in [2.45, 2.75) is 18.9 Å². The lowest BCUT2D eigenvalue weighted by Gasteiger charge is -2.22. The van der Waals surface area contributed by atoms with E-state index in [0.717, 1.165) is 12.8 Å². The summed E-state index contributed by atoms with van der Waals surface area (Å²) >= 11 is 0. The first kappa shape index (κ1) is 12.1. The highest BCUT2D eigenvalue weighted by molar-refractivity contribution is 5.36. The van der Waals surface area contributed by atoms with E-state index in [1.165, 1.54) is 0 Å². The van der Waals surface area contributed by atoms with E-state index in [0.29, 0.717) is 38.0 Å². The van der Waals surface area contributed by atoms with Gasteiger partial charge in [-0.2, -0.15) is 0 Å². The van der Waals surface area contributed by atoms with Gasteiger partial charge in [0.1, 0.15) is 0 Å². The van der Waals surface area contributed by atoms with Gasteiger partial charge in [0.2, 0.25) is 0 Å². The van der Waals surface area contributed by atoms with Gasteiger partial charge < -0.3 is 20.9 Å². The molecule has 1 fully saturated rings. The number of hydrogen-bond donors (Lipinski definition) is 2. The van der Waals surface area contributed by atoms with Gasteiger partial charge in [-0.25, -0.2) is 4.98 Å². The molecular weight excluding hydrogens is 218 g/mol. The van der Waals surface area contributed by atoms with Crippen molar-refractivity contribution >= 4 is 5.82 Å². The van der Waals surface area contributed by atoms with Crippen LogP contribution in [0.25, 0.3) is 0 Å². The van der Waals surface area contributed by atoms with E-state index in [9.17, 15) is 4.79 Å². The Morgan fingerprint density at radius 3 is 2.53 bits per heavy atom. The third-order valence-electron chi connectivity index (χ3n) is 2.89. The molecule has 1 aromatic heterocycles. The zero-order valence-corrected chi connectivity index (χ0v) is 9.88. The highest BCUT2D eigenvalue weighted by Gasteiger charge is 2.26. The maximum absolute atomic E-state index is 12.2. The molecule has 0 amide bonds. The fourth-order valence-corrected chi connectivity index (χ4v) is 1.91. The number of nitrogens with two attached hydrogens (primary N) is 2. The van der Waals surface area contributed by atoms with Crippen molar-refractivity contribution in [1.82, 2.24) is 9.55 Å². The van der Waals surface area contributed by atoms with Crippen LogP contribution >= 0.6 is 0 Å². The highest BCUT2D eigenvalue weighted by atomic mass is 16.1. The van der Waals surface area contributed by atoms with Crippen LogP contribution in [0.5, 0.6) is 0 Å². The van der Waals surface area contributed by atoms with Crippen molar-refractivity contribution in [3.63, 3.8) is 0 Å². The Bertz CT molecular complexity index is 420. The van der Waals surface area contributed by atoms with Gasteiger partial charge in [0.15, 0.2) is 5.82 Å². The van der Waals surface area contributed by atoms with Crippen LogP contribution in [0.1, 0.15) is 18.9 Å². The molecule has 6 heteroatoms. The largest absolute Gasteiger partial charge is 0.349 e. The minimum Gasteiger partial charge on any atom is -0.349 e. The quantitative estimate of drug-likeness (QED) is 0.683. The molecule has 2 rings (SSSR count). The van der Waals surface area contributed by atoms with Crippen molar-refractivity contribution in [2.75, 3.05) is 31.1 Å². The Balaban J connectivity index is 2.28. The number of nitrogens with zero attached hydrogens (tertiary/aromatic N) is 3. The summed E-state index contributed by atoms with van der Waals surface area (Å²) in [7, 11) is 0. The highest BCUT2D eigenvalue weighted by Crippen LogP contribution is 2.33. The normalized spacial score (nSPS) is 14.9. The third kappa shape index (κ3) is 2.65. The predicted molar refractivity (Wildman–Crippen MR) is 67.1 cm³/mol. The molecule has 0 atom stereocenters. The smallest absolute Gasteiger partial charge is 0.293 e. The Labute approximate surface area is 100 Å². The molecule has 0 radical (unpaired) electrons. The minimum atomic E-state index is -0.0306. The van der Waals surface area contributed by atoms with E-state index in [2.05, 4.69) is 4.98 Å². The second-order valence-electron chi connectivity index (χ2n) is 4.26. The summed E-state index contributed by atoms with van der Waals surface area (Å²) in [6, 6.07) is 0.363. The topological polar surface area (TPSA) is 90.2 Å². The Hall–Kier alpha value is -1.40. The number of hydrogen-bond acceptors (Lipinski definition) is 5. The van der Waals surface area contributed by atoms with Gasteiger partial charge in [-0.1, -0.05) is 0 Å². The zero-order valence-electron chi connectivity index (χ0n) is 9.88. The lowest BCUT2D eigenvalue weighted by Crippen LogP contribution is -2.39. The van der Waals surface area contributed by atoms with Gasteiger partial charge >= 0.3 is 0 Å². The number of anilines is 1. The number of aromatic nitrogens is 2. The van der Waals surface area contributed by atoms with E-state index in [4.69, 9.17) is 11.5 Å². The SMILES string of the molecule is NCCN(CCN)c1nccn(C2CC2)c1=O. The predicted octanol–water partition coefficient (Wildman–Crippen LogP) is -0.698. The Morgan fingerprint density at radius 1 is 1.35 bits per heavy atom. The minimum absolute atomic E-state index is 0.0306. The first-order valence-corrected chi connectivity index (χ1v) is 6.00. The fraction of sp³-hybridized carbons (Fsp3) is 0.636. The molecule has 0 unspecified atom stereocenters. The second-order valence-corrected chi connectivity index (χ2v) is 4.26. The van der Waals surface area contributed by atoms with Crippen molar-refractivity contribution in [1.29, 1.82) is 0 Å². The molecule has 94 valence electrons. The fourth-order valence-electron chi connectivity index (χ4n) is 1.91. The van der Waals surface area contributed by atoms with Crippen LogP contribution in [-0.4, -0.2) is 35.7 Å². The molecule has 0 saturated heterocycles. The van der Waals surface area contributed by atoms with Crippen LogP contribution in [0.3, 0.4) is 0 Å². The van der Waals surface area contributed by atoms with E-state index >= 15 is 0 Å². The maximum Gasteiger partial charge on any atom is 0.293 e. The van der Waals surface area contributed by atoms with Crippen LogP contribution in [0.15, 0.2) is 17.2 Å². The molecule has 1 aromatic rings. The lowest BCUT2D eigenvalue weighted by molar-refractivity contribution is 0.680. The standard InChI is InChI=1S/C11H19N5O/c12-3-6-15(7-4-13)10-11(17)16(8-5-14-10)9-1-2-9/h5,8-9H,1-4,6-7,12-13H2. The molecule has 1 saturated carbocycles. The molecular formula is C11H19N5O. The maximum atomic E-state index is 12.2. The summed E-state index contributed by atoms with van der Waals surface area (Å²) in [5.41, 5.74) is 11.0. The van der Waals surface area contributed by atoms with Crippen LogP contribution < -0.4 is 21.9 Å². The Kier molecular flexibility index (Phi) is 3.75. The van der Waals surface area contributed by atoms with E-state index < -0.39 is 0 Å². The van der Waals surface area contributed by atoms with Gasteiger partial charge in [0, 0.05) is 44.6 Å². The lowest BCUT2D eigenvalue weighted by atomic mass is 10.4. The van der Waals surface area contributed by atoms with Gasteiger partial charge in [0.25, 0.3) is 5.56 Å². The molecule has 6 nitrogen and oxygen atoms in total. The van der Waals surface area contributed by atoms with E-state index in [1.54, 1.807) is 17.0 Å². The van der Waals surface area contributed by atoms with Gasteiger partial charge in [0.05, 0.1) is 0 Å². The molecule has 17 heavy (non-hydrogen) atoms. The summed E-state index contributed by atoms with van der Waals surface area (Å²) in [6.45, 7) is 2.18. The summed E-state index contributed by atoms with van der Waals surface area (Å²) in [4.78, 5) is 18.2. The van der Waals surface area contributed by atoms with Gasteiger partial charge in [-0.05, 0) is 12.8 Å². The molecule has 0 spiro atoms. The van der Waals surface area contributed by atoms with E-state index in [1.807, 2.05) is 4.90 Å². The monoisotopic (exact) mass is 237 g/mol. The van der Waals surface area contributed by atoms with Gasteiger partial charge in [-0.15, -0.1) is 0 Å². The van der Waals surface area contributed by atoms with Crippen molar-refractivity contribution in [3.8, 4) is 0 Å². The molecule has 4 N–H and O–H groups in total. The Morgan fingerprint density at radius 2 is 2.00 bits per heavy atom. The van der Waals surface area contributed by atoms with Crippen LogP contribution in [0.2, 0.25) is 0 Å². The molecule has 1 heterocycles. The molecule has 1 aliphatic carbocycles. The van der Waals surface area contributed by atoms with Crippen molar-refractivity contribution < 1.29 is 0 Å². The molecule has 0 bridgehead atoms. The third-order valence-corrected chi connectivity index (χ3v) is 2.89. The van der Waals surface area contributed by atoms with Crippen LogP contribution in [-0.2, 0) is 0 Å². The summed E-state index contributed by atoms with van der Waals surface area (Å²) in [6.07, 6.45) is 5.59. The number of rotatable bonds is 6. The van der Waals surface area contributed by atoms with Crippen LogP contribution in [0, 0.1) is 0 Å². The molecule has 0 aromatic carbocycles. The summed E-state index contributed by atoms with van der Waals surface area (Å²) < 4.78 is 1.77. The van der Waals surface area contributed by atoms with Crippen molar-refractivity contribution in [3.05, 3.63) is 22.7 Å². The van der Waals surface area contributed by atoms with Gasteiger partial charge in [-0.3, -0.25) is 4.79 Å². The first-order valence-electron chi connectivity index (χ1n) is 6.00. The van der Waals surface area contributed by atoms with Crippen molar-refractivity contribution in [2.24, 2.45) is 11.5 Å². The summed E-state index contributed by atoms with van der Waals surface area (Å²) in [5.74, 6) is 0.468. The van der Waals surface area contributed by atoms with Crippen LogP contribution in [0.4, 0.5) is 5.82 Å². The molecule has 0 aliphatic heterocycles. The molecule has 1 aliphatic rings. The average molecular weight is 237 g/mol. The first-order chi connectivity index (χ1) is 8.27. The summed E-state index contributed by atoms with van der Waals surface area (Å²) in [5, 5.41) is 0. The second kappa shape index (κ2) is 5.29. The average Bonchev–Trinajstić information content (AvgIpc) is 3.13. The zero-order chi connectivity index (χ0) is 12.3.